The number of hydrogen-bond donors (Lipinski definition) is 1. The van der Waals surface area contributed by atoms with Crippen LogP contribution < -0.4 is 15.2 Å². The van der Waals surface area contributed by atoms with Gasteiger partial charge in [0.2, 0.25) is 15.9 Å². The van der Waals surface area contributed by atoms with Crippen molar-refractivity contribution in [1.29, 1.82) is 0 Å². The highest BCUT2D eigenvalue weighted by Gasteiger charge is 2.30. The van der Waals surface area contributed by atoms with Crippen molar-refractivity contribution >= 4 is 15.9 Å². The van der Waals surface area contributed by atoms with Gasteiger partial charge in [0.1, 0.15) is 0 Å². The lowest BCUT2D eigenvalue weighted by atomic mass is 10.3. The smallest absolute Gasteiger partial charge is 0.243 e. The maximum Gasteiger partial charge on any atom is 0.243 e. The van der Waals surface area contributed by atoms with Gasteiger partial charge in [-0.25, -0.2) is 8.42 Å². The third kappa shape index (κ3) is 3.80. The minimum atomic E-state index is -3.65. The van der Waals surface area contributed by atoms with Gasteiger partial charge in [-0.2, -0.15) is 4.31 Å². The number of carbonyl (C=O) groups is 1. The molecule has 1 aromatic rings. The second-order valence-corrected chi connectivity index (χ2v) is 7.28. The largest absolute Gasteiger partial charge is 0.493 e. The number of methoxy groups -OCH3 is 2. The Balaban J connectivity index is 2.13. The Kier molecular flexibility index (Phi) is 6.03. The van der Waals surface area contributed by atoms with E-state index in [4.69, 9.17) is 15.2 Å². The molecule has 24 heavy (non-hydrogen) atoms. The molecule has 8 nitrogen and oxygen atoms in total. The molecule has 2 rings (SSSR count). The van der Waals surface area contributed by atoms with Crippen molar-refractivity contribution in [2.75, 3.05) is 46.9 Å². The molecular formula is C15H23N3O5S. The topological polar surface area (TPSA) is 102 Å². The summed E-state index contributed by atoms with van der Waals surface area (Å²) in [6.45, 7) is 1.54. The van der Waals surface area contributed by atoms with Crippen LogP contribution >= 0.6 is 0 Å². The first-order chi connectivity index (χ1) is 11.4. The number of benzene rings is 1. The standard InChI is InChI=1S/C15H23N3O5S/c1-22-13-4-3-12(11-14(13)23-2)24(20,21)18-9-7-17(8-10-18)15(19)5-6-16/h3-4,11H,5-10,16H2,1-2H3. The van der Waals surface area contributed by atoms with E-state index >= 15 is 0 Å². The zero-order valence-corrected chi connectivity index (χ0v) is 14.7. The number of piperazine rings is 1. The molecule has 2 N–H and O–H groups in total. The van der Waals surface area contributed by atoms with Crippen LogP contribution in [0.2, 0.25) is 0 Å². The van der Waals surface area contributed by atoms with E-state index in [1.165, 1.54) is 30.7 Å². The maximum atomic E-state index is 12.8. The number of nitrogens with two attached hydrogens (primary N) is 1. The molecule has 134 valence electrons. The summed E-state index contributed by atoms with van der Waals surface area (Å²) in [5.74, 6) is 0.782. The average molecular weight is 357 g/mol. The summed E-state index contributed by atoms with van der Waals surface area (Å²) in [4.78, 5) is 13.6. The summed E-state index contributed by atoms with van der Waals surface area (Å²) in [5.41, 5.74) is 5.38. The van der Waals surface area contributed by atoms with Gasteiger partial charge in [0.25, 0.3) is 0 Å². The molecule has 0 unspecified atom stereocenters. The highest BCUT2D eigenvalue weighted by molar-refractivity contribution is 7.89. The lowest BCUT2D eigenvalue weighted by Gasteiger charge is -2.34. The third-order valence-electron chi connectivity index (χ3n) is 3.94. The van der Waals surface area contributed by atoms with Gasteiger partial charge in [0.05, 0.1) is 19.1 Å². The van der Waals surface area contributed by atoms with Crippen LogP contribution in [0.4, 0.5) is 0 Å². The minimum absolute atomic E-state index is 0.0411. The Morgan fingerprint density at radius 2 is 1.75 bits per heavy atom. The van der Waals surface area contributed by atoms with E-state index in [1.54, 1.807) is 11.0 Å². The van der Waals surface area contributed by atoms with Crippen LogP contribution in [0, 0.1) is 0 Å². The van der Waals surface area contributed by atoms with Crippen molar-refractivity contribution in [1.82, 2.24) is 9.21 Å². The van der Waals surface area contributed by atoms with Crippen molar-refractivity contribution in [2.45, 2.75) is 11.3 Å². The normalized spacial score (nSPS) is 16.0. The minimum Gasteiger partial charge on any atom is -0.493 e. The van der Waals surface area contributed by atoms with Gasteiger partial charge in [-0.1, -0.05) is 0 Å². The first-order valence-electron chi connectivity index (χ1n) is 7.64. The molecule has 1 fully saturated rings. The van der Waals surface area contributed by atoms with E-state index in [9.17, 15) is 13.2 Å². The molecule has 0 saturated carbocycles. The Bertz CT molecular complexity index is 684. The van der Waals surface area contributed by atoms with E-state index in [1.807, 2.05) is 0 Å². The van der Waals surface area contributed by atoms with E-state index < -0.39 is 10.0 Å². The number of hydrogen-bond acceptors (Lipinski definition) is 6. The van der Waals surface area contributed by atoms with E-state index in [-0.39, 0.29) is 30.3 Å². The molecular weight excluding hydrogens is 334 g/mol. The number of rotatable bonds is 6. The molecule has 0 spiro atoms. The highest BCUT2D eigenvalue weighted by atomic mass is 32.2. The zero-order valence-electron chi connectivity index (χ0n) is 13.9. The fraction of sp³-hybridized carbons (Fsp3) is 0.533. The maximum absolute atomic E-state index is 12.8. The van der Waals surface area contributed by atoms with Crippen LogP contribution in [-0.4, -0.2) is 70.5 Å². The molecule has 1 aliphatic rings. The Morgan fingerprint density at radius 3 is 2.29 bits per heavy atom. The van der Waals surface area contributed by atoms with Crippen LogP contribution in [0.5, 0.6) is 11.5 Å². The van der Waals surface area contributed by atoms with Gasteiger partial charge in [-0.3, -0.25) is 4.79 Å². The predicted molar refractivity (Wildman–Crippen MR) is 88.6 cm³/mol. The predicted octanol–water partition coefficient (Wildman–Crippen LogP) is -0.114. The Morgan fingerprint density at radius 1 is 1.12 bits per heavy atom. The molecule has 9 heteroatoms. The van der Waals surface area contributed by atoms with Crippen LogP contribution in [0.15, 0.2) is 23.1 Å². The summed E-state index contributed by atoms with van der Waals surface area (Å²) < 4.78 is 37.2. The monoisotopic (exact) mass is 357 g/mol. The molecule has 1 amide bonds. The quantitative estimate of drug-likeness (QED) is 0.762. The van der Waals surface area contributed by atoms with Gasteiger partial charge in [0, 0.05) is 45.2 Å². The van der Waals surface area contributed by atoms with Gasteiger partial charge < -0.3 is 20.1 Å². The van der Waals surface area contributed by atoms with Crippen LogP contribution in [0.1, 0.15) is 6.42 Å². The fourth-order valence-corrected chi connectivity index (χ4v) is 4.02. The molecule has 0 aliphatic carbocycles. The van der Waals surface area contributed by atoms with E-state index in [0.717, 1.165) is 0 Å². The van der Waals surface area contributed by atoms with Crippen molar-refractivity contribution in [2.24, 2.45) is 5.73 Å². The Labute approximate surface area is 142 Å². The third-order valence-corrected chi connectivity index (χ3v) is 5.84. The molecule has 0 bridgehead atoms. The number of nitrogens with zero attached hydrogens (tertiary/aromatic N) is 2. The SMILES string of the molecule is COc1ccc(S(=O)(=O)N2CCN(C(=O)CCN)CC2)cc1OC. The molecule has 1 heterocycles. The van der Waals surface area contributed by atoms with E-state index in [0.29, 0.717) is 31.1 Å². The second kappa shape index (κ2) is 7.82. The molecule has 1 saturated heterocycles. The second-order valence-electron chi connectivity index (χ2n) is 5.34. The first kappa shape index (κ1) is 18.5. The van der Waals surface area contributed by atoms with Crippen molar-refractivity contribution in [3.63, 3.8) is 0 Å². The Hall–Kier alpha value is -1.84. The summed E-state index contributed by atoms with van der Waals surface area (Å²) in [7, 11) is -0.702. The summed E-state index contributed by atoms with van der Waals surface area (Å²) >= 11 is 0. The summed E-state index contributed by atoms with van der Waals surface area (Å²) in [5, 5.41) is 0. The molecule has 0 atom stereocenters. The van der Waals surface area contributed by atoms with Gasteiger partial charge in [-0.05, 0) is 12.1 Å². The van der Waals surface area contributed by atoms with Crippen LogP contribution in [-0.2, 0) is 14.8 Å². The summed E-state index contributed by atoms with van der Waals surface area (Å²) in [6.07, 6.45) is 0.280. The highest BCUT2D eigenvalue weighted by Crippen LogP contribution is 2.30. The molecule has 1 aromatic carbocycles. The van der Waals surface area contributed by atoms with Crippen molar-refractivity contribution < 1.29 is 22.7 Å². The average Bonchev–Trinajstić information content (AvgIpc) is 2.61. The van der Waals surface area contributed by atoms with Crippen LogP contribution in [0.25, 0.3) is 0 Å². The lowest BCUT2D eigenvalue weighted by molar-refractivity contribution is -0.132. The number of ether oxygens (including phenoxy) is 2. The van der Waals surface area contributed by atoms with Gasteiger partial charge in [-0.15, -0.1) is 0 Å². The lowest BCUT2D eigenvalue weighted by Crippen LogP contribution is -2.50. The first-order valence-corrected chi connectivity index (χ1v) is 9.08. The number of sulfonamides is 1. The van der Waals surface area contributed by atoms with Crippen molar-refractivity contribution in [3.8, 4) is 11.5 Å². The molecule has 0 radical (unpaired) electrons. The number of amides is 1. The zero-order chi connectivity index (χ0) is 17.7. The van der Waals surface area contributed by atoms with Crippen molar-refractivity contribution in [3.05, 3.63) is 18.2 Å². The van der Waals surface area contributed by atoms with E-state index in [2.05, 4.69) is 0 Å². The number of carbonyl (C=O) groups excluding carboxylic acids is 1. The molecule has 0 aromatic heterocycles. The van der Waals surface area contributed by atoms with Gasteiger partial charge >= 0.3 is 0 Å². The fourth-order valence-electron chi connectivity index (χ4n) is 2.59. The summed E-state index contributed by atoms with van der Waals surface area (Å²) in [6, 6.07) is 4.50. The van der Waals surface area contributed by atoms with Gasteiger partial charge in [0.15, 0.2) is 11.5 Å². The van der Waals surface area contributed by atoms with Crippen LogP contribution in [0.3, 0.4) is 0 Å². The molecule has 1 aliphatic heterocycles.